The Bertz CT molecular complexity index is 504. The van der Waals surface area contributed by atoms with Crippen LogP contribution in [-0.4, -0.2) is 0 Å². The van der Waals surface area contributed by atoms with Crippen LogP contribution in [0.5, 0.6) is 0 Å². The minimum absolute atomic E-state index is 0.194. The van der Waals surface area contributed by atoms with E-state index in [9.17, 15) is 0 Å². The standard InChI is InChI=1S/C13H12BrClS/c1-8-3-4-10(7-9(8)2)12(14)13-11(15)5-6-16-13/h3-7,12H,1-2H3. The third kappa shape index (κ3) is 2.34. The van der Waals surface area contributed by atoms with E-state index in [1.165, 1.54) is 21.6 Å². The number of hydrogen-bond acceptors (Lipinski definition) is 1. The van der Waals surface area contributed by atoms with Crippen molar-refractivity contribution in [2.45, 2.75) is 18.7 Å². The lowest BCUT2D eigenvalue weighted by atomic mass is 10.0. The van der Waals surface area contributed by atoms with Crippen molar-refractivity contribution in [1.29, 1.82) is 0 Å². The summed E-state index contributed by atoms with van der Waals surface area (Å²) in [5, 5.41) is 2.86. The monoisotopic (exact) mass is 314 g/mol. The highest BCUT2D eigenvalue weighted by molar-refractivity contribution is 9.09. The Morgan fingerprint density at radius 1 is 1.19 bits per heavy atom. The summed E-state index contributed by atoms with van der Waals surface area (Å²) in [7, 11) is 0. The Morgan fingerprint density at radius 3 is 2.50 bits per heavy atom. The van der Waals surface area contributed by atoms with Crippen molar-refractivity contribution in [2.75, 3.05) is 0 Å². The molecular formula is C13H12BrClS. The molecule has 16 heavy (non-hydrogen) atoms. The van der Waals surface area contributed by atoms with E-state index in [1.54, 1.807) is 11.3 Å². The summed E-state index contributed by atoms with van der Waals surface area (Å²) in [6.45, 7) is 4.26. The van der Waals surface area contributed by atoms with E-state index < -0.39 is 0 Å². The van der Waals surface area contributed by atoms with Gasteiger partial charge in [0.25, 0.3) is 0 Å². The van der Waals surface area contributed by atoms with Crippen molar-refractivity contribution in [2.24, 2.45) is 0 Å². The maximum Gasteiger partial charge on any atom is 0.0753 e. The van der Waals surface area contributed by atoms with Crippen LogP contribution in [0.25, 0.3) is 0 Å². The molecule has 1 aromatic heterocycles. The maximum atomic E-state index is 6.14. The van der Waals surface area contributed by atoms with Crippen LogP contribution in [0, 0.1) is 13.8 Å². The van der Waals surface area contributed by atoms with E-state index in [2.05, 4.69) is 48.0 Å². The number of thiophene rings is 1. The van der Waals surface area contributed by atoms with Gasteiger partial charge < -0.3 is 0 Å². The molecule has 1 aromatic carbocycles. The van der Waals surface area contributed by atoms with Gasteiger partial charge in [0.2, 0.25) is 0 Å². The quantitative estimate of drug-likeness (QED) is 0.642. The van der Waals surface area contributed by atoms with E-state index in [0.717, 1.165) is 5.02 Å². The van der Waals surface area contributed by atoms with Crippen molar-refractivity contribution < 1.29 is 0 Å². The lowest BCUT2D eigenvalue weighted by Crippen LogP contribution is -1.92. The van der Waals surface area contributed by atoms with E-state index in [4.69, 9.17) is 11.6 Å². The predicted molar refractivity (Wildman–Crippen MR) is 76.0 cm³/mol. The fourth-order valence-electron chi connectivity index (χ4n) is 1.56. The first-order valence-corrected chi connectivity index (χ1v) is 7.21. The molecule has 0 saturated heterocycles. The summed E-state index contributed by atoms with van der Waals surface area (Å²) in [4.78, 5) is 1.37. The van der Waals surface area contributed by atoms with Crippen molar-refractivity contribution in [3.8, 4) is 0 Å². The fraction of sp³-hybridized carbons (Fsp3) is 0.231. The second-order valence-electron chi connectivity index (χ2n) is 3.84. The number of hydrogen-bond donors (Lipinski definition) is 0. The molecule has 0 radical (unpaired) electrons. The van der Waals surface area contributed by atoms with Crippen molar-refractivity contribution >= 4 is 38.9 Å². The van der Waals surface area contributed by atoms with E-state index in [-0.39, 0.29) is 4.83 Å². The van der Waals surface area contributed by atoms with Crippen LogP contribution in [0.4, 0.5) is 0 Å². The smallest absolute Gasteiger partial charge is 0.0753 e. The molecule has 0 bridgehead atoms. The Labute approximate surface area is 113 Å². The third-order valence-electron chi connectivity index (χ3n) is 2.70. The van der Waals surface area contributed by atoms with Gasteiger partial charge in [-0.2, -0.15) is 0 Å². The molecule has 84 valence electrons. The molecule has 1 atom stereocenters. The van der Waals surface area contributed by atoms with Crippen LogP contribution in [-0.2, 0) is 0 Å². The van der Waals surface area contributed by atoms with Gasteiger partial charge in [-0.3, -0.25) is 0 Å². The van der Waals surface area contributed by atoms with E-state index in [0.29, 0.717) is 0 Å². The molecule has 0 aliphatic rings. The summed E-state index contributed by atoms with van der Waals surface area (Å²) in [6, 6.07) is 8.46. The highest BCUT2D eigenvalue weighted by atomic mass is 79.9. The summed E-state index contributed by atoms with van der Waals surface area (Å²) >= 11 is 11.5. The molecular weight excluding hydrogens is 304 g/mol. The highest BCUT2D eigenvalue weighted by Gasteiger charge is 2.15. The first kappa shape index (κ1) is 12.2. The second-order valence-corrected chi connectivity index (χ2v) is 6.11. The lowest BCUT2D eigenvalue weighted by Gasteiger charge is -2.11. The fourth-order valence-corrected chi connectivity index (χ4v) is 3.71. The first-order chi connectivity index (χ1) is 7.59. The highest BCUT2D eigenvalue weighted by Crippen LogP contribution is 2.39. The van der Waals surface area contributed by atoms with Gasteiger partial charge in [-0.05, 0) is 42.0 Å². The van der Waals surface area contributed by atoms with Gasteiger partial charge in [0.1, 0.15) is 0 Å². The molecule has 0 fully saturated rings. The summed E-state index contributed by atoms with van der Waals surface area (Å²) < 4.78 is 0. The molecule has 0 amide bonds. The zero-order chi connectivity index (χ0) is 11.7. The molecule has 0 spiro atoms. The number of halogens is 2. The topological polar surface area (TPSA) is 0 Å². The van der Waals surface area contributed by atoms with Crippen molar-refractivity contribution in [3.63, 3.8) is 0 Å². The Hall–Kier alpha value is -0.310. The largest absolute Gasteiger partial charge is 0.146 e. The second kappa shape index (κ2) is 4.91. The van der Waals surface area contributed by atoms with E-state index >= 15 is 0 Å². The molecule has 1 unspecified atom stereocenters. The molecule has 0 aliphatic heterocycles. The Morgan fingerprint density at radius 2 is 1.94 bits per heavy atom. The Kier molecular flexibility index (Phi) is 3.73. The molecule has 0 aliphatic carbocycles. The average Bonchev–Trinajstić information content (AvgIpc) is 2.67. The number of aryl methyl sites for hydroxylation is 2. The van der Waals surface area contributed by atoms with Gasteiger partial charge in [0.15, 0.2) is 0 Å². The normalized spacial score (nSPS) is 12.8. The zero-order valence-electron chi connectivity index (χ0n) is 9.13. The SMILES string of the molecule is Cc1ccc(C(Br)c2sccc2Cl)cc1C. The van der Waals surface area contributed by atoms with Crippen LogP contribution in [0.1, 0.15) is 26.4 Å². The molecule has 2 aromatic rings. The van der Waals surface area contributed by atoms with Crippen LogP contribution in [0.15, 0.2) is 29.6 Å². The van der Waals surface area contributed by atoms with Gasteiger partial charge in [-0.1, -0.05) is 45.7 Å². The van der Waals surface area contributed by atoms with Crippen LogP contribution in [0.3, 0.4) is 0 Å². The molecule has 0 nitrogen and oxygen atoms in total. The third-order valence-corrected chi connectivity index (χ3v) is 5.41. The van der Waals surface area contributed by atoms with Crippen LogP contribution >= 0.6 is 38.9 Å². The predicted octanol–water partition coefficient (Wildman–Crippen LogP) is 5.50. The number of alkyl halides is 1. The number of benzene rings is 1. The van der Waals surface area contributed by atoms with Gasteiger partial charge in [-0.25, -0.2) is 0 Å². The van der Waals surface area contributed by atoms with Crippen LogP contribution in [0.2, 0.25) is 5.02 Å². The van der Waals surface area contributed by atoms with Crippen LogP contribution < -0.4 is 0 Å². The zero-order valence-corrected chi connectivity index (χ0v) is 12.3. The van der Waals surface area contributed by atoms with E-state index in [1.807, 2.05) is 11.4 Å². The van der Waals surface area contributed by atoms with Gasteiger partial charge >= 0.3 is 0 Å². The average molecular weight is 316 g/mol. The molecule has 3 heteroatoms. The van der Waals surface area contributed by atoms with Gasteiger partial charge in [-0.15, -0.1) is 11.3 Å². The van der Waals surface area contributed by atoms with Gasteiger partial charge in [0, 0.05) is 4.88 Å². The van der Waals surface area contributed by atoms with Gasteiger partial charge in [0.05, 0.1) is 9.85 Å². The minimum Gasteiger partial charge on any atom is -0.146 e. The molecule has 2 rings (SSSR count). The summed E-state index contributed by atoms with van der Waals surface area (Å²) in [6.07, 6.45) is 0. The molecule has 0 N–H and O–H groups in total. The molecule has 1 heterocycles. The first-order valence-electron chi connectivity index (χ1n) is 5.03. The van der Waals surface area contributed by atoms with Crippen molar-refractivity contribution in [3.05, 3.63) is 56.2 Å². The Balaban J connectivity index is 2.38. The summed E-state index contributed by atoms with van der Waals surface area (Å²) in [5.41, 5.74) is 3.89. The number of rotatable bonds is 2. The summed E-state index contributed by atoms with van der Waals surface area (Å²) in [5.74, 6) is 0. The maximum absolute atomic E-state index is 6.14. The van der Waals surface area contributed by atoms with Crippen molar-refractivity contribution in [1.82, 2.24) is 0 Å². The minimum atomic E-state index is 0.194. The molecule has 0 saturated carbocycles. The lowest BCUT2D eigenvalue weighted by molar-refractivity contribution is 1.19.